The van der Waals surface area contributed by atoms with Crippen LogP contribution in [0.2, 0.25) is 0 Å². The van der Waals surface area contributed by atoms with Gasteiger partial charge in [-0.15, -0.1) is 0 Å². The maximum absolute atomic E-state index is 11.7. The number of methoxy groups -OCH3 is 2. The van der Waals surface area contributed by atoms with Crippen LogP contribution in [0.15, 0.2) is 30.3 Å². The number of nitriles is 1. The van der Waals surface area contributed by atoms with Crippen LogP contribution in [0, 0.1) is 18.3 Å². The number of aryl methyl sites for hydroxylation is 1. The number of carbonyl (C=O) groups excluding carboxylic acids is 1. The van der Waals surface area contributed by atoms with Crippen molar-refractivity contribution < 1.29 is 14.3 Å². The van der Waals surface area contributed by atoms with Crippen LogP contribution in [-0.2, 0) is 6.54 Å². The third-order valence-corrected chi connectivity index (χ3v) is 4.19. The van der Waals surface area contributed by atoms with Crippen molar-refractivity contribution >= 4 is 11.5 Å². The average molecular weight is 338 g/mol. The summed E-state index contributed by atoms with van der Waals surface area (Å²) in [6.45, 7) is 4.09. The Balaban J connectivity index is 2.40. The highest BCUT2D eigenvalue weighted by Crippen LogP contribution is 2.32. The summed E-state index contributed by atoms with van der Waals surface area (Å²) in [4.78, 5) is 13.6. The molecule has 130 valence electrons. The van der Waals surface area contributed by atoms with Gasteiger partial charge >= 0.3 is 0 Å². The van der Waals surface area contributed by atoms with E-state index in [1.165, 1.54) is 6.92 Å². The Morgan fingerprint density at radius 3 is 2.36 bits per heavy atom. The van der Waals surface area contributed by atoms with Gasteiger partial charge in [-0.3, -0.25) is 4.79 Å². The normalized spacial score (nSPS) is 10.1. The van der Waals surface area contributed by atoms with Gasteiger partial charge in [0.2, 0.25) is 0 Å². The van der Waals surface area contributed by atoms with Gasteiger partial charge in [0.15, 0.2) is 17.3 Å². The van der Waals surface area contributed by atoms with Crippen LogP contribution in [0.1, 0.15) is 34.0 Å². The van der Waals surface area contributed by atoms with Crippen molar-refractivity contribution in [2.45, 2.75) is 20.4 Å². The van der Waals surface area contributed by atoms with E-state index in [9.17, 15) is 10.1 Å². The van der Waals surface area contributed by atoms with Crippen LogP contribution in [0.4, 0.5) is 5.69 Å². The molecule has 0 atom stereocenters. The topological polar surface area (TPSA) is 62.6 Å². The van der Waals surface area contributed by atoms with E-state index in [0.29, 0.717) is 29.2 Å². The Kier molecular flexibility index (Phi) is 5.66. The Morgan fingerprint density at radius 2 is 1.80 bits per heavy atom. The number of rotatable bonds is 6. The van der Waals surface area contributed by atoms with Gasteiger partial charge in [-0.25, -0.2) is 0 Å². The van der Waals surface area contributed by atoms with Gasteiger partial charge in [0, 0.05) is 19.2 Å². The zero-order valence-corrected chi connectivity index (χ0v) is 15.2. The number of nitrogens with zero attached hydrogens (tertiary/aromatic N) is 2. The number of hydrogen-bond donors (Lipinski definition) is 0. The molecule has 0 spiro atoms. The molecule has 25 heavy (non-hydrogen) atoms. The van der Waals surface area contributed by atoms with Crippen molar-refractivity contribution in [2.75, 3.05) is 26.2 Å². The number of anilines is 1. The molecule has 0 radical (unpaired) electrons. The van der Waals surface area contributed by atoms with E-state index < -0.39 is 0 Å². The zero-order chi connectivity index (χ0) is 18.6. The third-order valence-electron chi connectivity index (χ3n) is 4.19. The zero-order valence-electron chi connectivity index (χ0n) is 15.2. The monoisotopic (exact) mass is 338 g/mol. The summed E-state index contributed by atoms with van der Waals surface area (Å²) in [7, 11) is 5.11. The summed E-state index contributed by atoms with van der Waals surface area (Å²) >= 11 is 0. The van der Waals surface area contributed by atoms with E-state index in [1.807, 2.05) is 31.0 Å². The van der Waals surface area contributed by atoms with Crippen molar-refractivity contribution in [3.8, 4) is 17.6 Å². The molecule has 0 aliphatic rings. The lowest BCUT2D eigenvalue weighted by Crippen LogP contribution is -2.19. The number of ketones is 1. The molecule has 0 bridgehead atoms. The Bertz CT molecular complexity index is 838. The van der Waals surface area contributed by atoms with Crippen LogP contribution < -0.4 is 14.4 Å². The van der Waals surface area contributed by atoms with Crippen molar-refractivity contribution in [3.05, 3.63) is 52.6 Å². The maximum Gasteiger partial charge on any atom is 0.161 e. The molecule has 0 amide bonds. The summed E-state index contributed by atoms with van der Waals surface area (Å²) in [5, 5.41) is 9.37. The van der Waals surface area contributed by atoms with Crippen LogP contribution in [-0.4, -0.2) is 27.1 Å². The van der Waals surface area contributed by atoms with Gasteiger partial charge in [-0.1, -0.05) is 0 Å². The first-order valence-corrected chi connectivity index (χ1v) is 7.89. The third kappa shape index (κ3) is 3.92. The number of carbonyl (C=O) groups is 1. The van der Waals surface area contributed by atoms with Crippen molar-refractivity contribution in [1.29, 1.82) is 5.26 Å². The lowest BCUT2D eigenvalue weighted by Gasteiger charge is -2.23. The minimum absolute atomic E-state index is 0.0264. The summed E-state index contributed by atoms with van der Waals surface area (Å²) < 4.78 is 10.7. The Labute approximate surface area is 148 Å². The lowest BCUT2D eigenvalue weighted by molar-refractivity contribution is 0.101. The van der Waals surface area contributed by atoms with E-state index in [0.717, 1.165) is 16.8 Å². The molecule has 0 N–H and O–H groups in total. The fraction of sp³-hybridized carbons (Fsp3) is 0.300. The highest BCUT2D eigenvalue weighted by atomic mass is 16.5. The second-order valence-electron chi connectivity index (χ2n) is 5.89. The molecule has 2 aromatic rings. The van der Waals surface area contributed by atoms with Gasteiger partial charge in [0.25, 0.3) is 0 Å². The lowest BCUT2D eigenvalue weighted by atomic mass is 10.0. The summed E-state index contributed by atoms with van der Waals surface area (Å²) in [6.07, 6.45) is 0. The predicted molar refractivity (Wildman–Crippen MR) is 97.6 cm³/mol. The second-order valence-corrected chi connectivity index (χ2v) is 5.89. The first-order chi connectivity index (χ1) is 11.9. The summed E-state index contributed by atoms with van der Waals surface area (Å²) in [5.74, 6) is 1.32. The molecule has 0 aliphatic carbocycles. The van der Waals surface area contributed by atoms with Gasteiger partial charge in [0.05, 0.1) is 25.5 Å². The van der Waals surface area contributed by atoms with E-state index >= 15 is 0 Å². The van der Waals surface area contributed by atoms with Crippen LogP contribution >= 0.6 is 0 Å². The van der Waals surface area contributed by atoms with Gasteiger partial charge in [0.1, 0.15) is 6.07 Å². The average Bonchev–Trinajstić information content (AvgIpc) is 2.62. The highest BCUT2D eigenvalue weighted by molar-refractivity contribution is 5.95. The molecule has 0 saturated heterocycles. The number of Topliss-reactive ketones (excluding diaryl/α,β-unsaturated/α-hetero) is 1. The number of benzene rings is 2. The smallest absolute Gasteiger partial charge is 0.161 e. The molecular formula is C20H22N2O3. The van der Waals surface area contributed by atoms with E-state index in [-0.39, 0.29) is 5.78 Å². The first-order valence-electron chi connectivity index (χ1n) is 7.89. The van der Waals surface area contributed by atoms with E-state index in [4.69, 9.17) is 9.47 Å². The minimum atomic E-state index is -0.0264. The van der Waals surface area contributed by atoms with E-state index in [1.54, 1.807) is 32.4 Å². The minimum Gasteiger partial charge on any atom is -0.493 e. The fourth-order valence-electron chi connectivity index (χ4n) is 2.69. The predicted octanol–water partition coefficient (Wildman–Crippen LogP) is 3.72. The summed E-state index contributed by atoms with van der Waals surface area (Å²) in [6, 6.07) is 11.2. The van der Waals surface area contributed by atoms with Crippen molar-refractivity contribution in [2.24, 2.45) is 0 Å². The van der Waals surface area contributed by atoms with Crippen molar-refractivity contribution in [3.63, 3.8) is 0 Å². The SMILES string of the molecule is COc1cc(C)c(CN(C)c2cc(C(C)=O)ccc2C#N)cc1OC. The van der Waals surface area contributed by atoms with Gasteiger partial charge in [-0.05, 0) is 55.3 Å². The Morgan fingerprint density at radius 1 is 1.16 bits per heavy atom. The molecule has 0 heterocycles. The molecule has 2 aromatic carbocycles. The van der Waals surface area contributed by atoms with Gasteiger partial charge in [-0.2, -0.15) is 5.26 Å². The molecule has 5 heteroatoms. The molecule has 0 aromatic heterocycles. The molecule has 5 nitrogen and oxygen atoms in total. The molecule has 0 unspecified atom stereocenters. The molecular weight excluding hydrogens is 316 g/mol. The molecule has 0 aliphatic heterocycles. The van der Waals surface area contributed by atoms with Crippen molar-refractivity contribution in [1.82, 2.24) is 0 Å². The van der Waals surface area contributed by atoms with Crippen LogP contribution in [0.5, 0.6) is 11.5 Å². The number of ether oxygens (including phenoxy) is 2. The largest absolute Gasteiger partial charge is 0.493 e. The van der Waals surface area contributed by atoms with Crippen LogP contribution in [0.25, 0.3) is 0 Å². The number of hydrogen-bond acceptors (Lipinski definition) is 5. The summed E-state index contributed by atoms with van der Waals surface area (Å²) in [5.41, 5.74) is 3.96. The molecule has 0 saturated carbocycles. The van der Waals surface area contributed by atoms with Gasteiger partial charge < -0.3 is 14.4 Å². The standard InChI is InChI=1S/C20H22N2O3/c1-13-8-19(24-4)20(25-5)10-17(13)12-22(3)18-9-15(14(2)23)6-7-16(18)11-21/h6-10H,12H2,1-5H3. The molecule has 2 rings (SSSR count). The fourth-order valence-corrected chi connectivity index (χ4v) is 2.69. The highest BCUT2D eigenvalue weighted by Gasteiger charge is 2.14. The first kappa shape index (κ1) is 18.3. The Hall–Kier alpha value is -3.00. The maximum atomic E-state index is 11.7. The van der Waals surface area contributed by atoms with Crippen LogP contribution in [0.3, 0.4) is 0 Å². The second kappa shape index (κ2) is 7.71. The molecule has 0 fully saturated rings. The van der Waals surface area contributed by atoms with E-state index in [2.05, 4.69) is 6.07 Å². The quantitative estimate of drug-likeness (QED) is 0.751.